The maximum Gasteiger partial charge on any atom is 0.327 e. The Labute approximate surface area is 98.6 Å². The van der Waals surface area contributed by atoms with E-state index in [0.29, 0.717) is 5.75 Å². The van der Waals surface area contributed by atoms with Crippen molar-refractivity contribution in [2.24, 2.45) is 0 Å². The Morgan fingerprint density at radius 3 is 2.62 bits per heavy atom. The number of carbonyl (C=O) groups excluding carboxylic acids is 1. The number of amides is 2. The van der Waals surface area contributed by atoms with Gasteiger partial charge in [0.1, 0.15) is 6.04 Å². The molecule has 2 fully saturated rings. The fourth-order valence-electron chi connectivity index (χ4n) is 1.78. The van der Waals surface area contributed by atoms with Crippen LogP contribution in [0.15, 0.2) is 0 Å². The summed E-state index contributed by atoms with van der Waals surface area (Å²) in [6, 6.07) is -0.938. The second kappa shape index (κ2) is 3.84. The number of hydrogen-bond acceptors (Lipinski definition) is 3. The SMILES string of the molecule is CC1SCC(C(=O)O)N1C(=O)NC1(C)CC1. The van der Waals surface area contributed by atoms with Crippen molar-refractivity contribution < 1.29 is 14.7 Å². The lowest BCUT2D eigenvalue weighted by atomic mass is 10.3. The number of aliphatic carboxylic acids is 1. The number of nitrogens with zero attached hydrogens (tertiary/aromatic N) is 1. The third kappa shape index (κ3) is 2.11. The molecular formula is C10H16N2O3S. The molecule has 5 nitrogen and oxygen atoms in total. The second-order valence-corrected chi connectivity index (χ2v) is 6.03. The van der Waals surface area contributed by atoms with E-state index in [1.54, 1.807) is 0 Å². The Balaban J connectivity index is 2.04. The summed E-state index contributed by atoms with van der Waals surface area (Å²) in [5.41, 5.74) is -0.104. The number of rotatable bonds is 2. The van der Waals surface area contributed by atoms with Crippen LogP contribution in [0.3, 0.4) is 0 Å². The van der Waals surface area contributed by atoms with Gasteiger partial charge in [0, 0.05) is 11.3 Å². The Kier molecular flexibility index (Phi) is 2.77. The van der Waals surface area contributed by atoms with Crippen molar-refractivity contribution >= 4 is 23.8 Å². The van der Waals surface area contributed by atoms with Crippen molar-refractivity contribution in [3.05, 3.63) is 0 Å². The molecule has 6 heteroatoms. The van der Waals surface area contributed by atoms with E-state index in [1.807, 2.05) is 13.8 Å². The van der Waals surface area contributed by atoms with Crippen LogP contribution in [-0.4, -0.2) is 44.7 Å². The zero-order valence-corrected chi connectivity index (χ0v) is 10.2. The maximum atomic E-state index is 12.0. The van der Waals surface area contributed by atoms with Crippen LogP contribution >= 0.6 is 11.8 Å². The van der Waals surface area contributed by atoms with Gasteiger partial charge in [0.05, 0.1) is 5.37 Å². The first-order chi connectivity index (χ1) is 7.43. The van der Waals surface area contributed by atoms with Crippen LogP contribution in [-0.2, 0) is 4.79 Å². The molecular weight excluding hydrogens is 228 g/mol. The lowest BCUT2D eigenvalue weighted by Crippen LogP contribution is -2.52. The van der Waals surface area contributed by atoms with E-state index >= 15 is 0 Å². The van der Waals surface area contributed by atoms with Crippen molar-refractivity contribution in [3.8, 4) is 0 Å². The summed E-state index contributed by atoms with van der Waals surface area (Å²) < 4.78 is 0. The predicted octanol–water partition coefficient (Wildman–Crippen LogP) is 1.10. The monoisotopic (exact) mass is 244 g/mol. The summed E-state index contributed by atoms with van der Waals surface area (Å²) in [6.45, 7) is 3.84. The zero-order chi connectivity index (χ0) is 11.9. The standard InChI is InChI=1S/C10H16N2O3S/c1-6-12(7(5-16-6)8(13)14)9(15)11-10(2)3-4-10/h6-7H,3-5H2,1-2H3,(H,11,15)(H,13,14). The normalized spacial score (nSPS) is 31.2. The van der Waals surface area contributed by atoms with Crippen LogP contribution in [0.25, 0.3) is 0 Å². The summed E-state index contributed by atoms with van der Waals surface area (Å²) >= 11 is 1.50. The molecule has 1 aliphatic carbocycles. The minimum Gasteiger partial charge on any atom is -0.480 e. The molecule has 2 atom stereocenters. The minimum absolute atomic E-state index is 0.0663. The molecule has 1 saturated heterocycles. The van der Waals surface area contributed by atoms with E-state index in [1.165, 1.54) is 16.7 Å². The lowest BCUT2D eigenvalue weighted by Gasteiger charge is -2.27. The molecule has 0 bridgehead atoms. The third-order valence-electron chi connectivity index (χ3n) is 3.15. The van der Waals surface area contributed by atoms with Crippen molar-refractivity contribution in [3.63, 3.8) is 0 Å². The molecule has 2 aliphatic rings. The van der Waals surface area contributed by atoms with E-state index in [-0.39, 0.29) is 16.9 Å². The molecule has 2 amide bonds. The highest BCUT2D eigenvalue weighted by Gasteiger charge is 2.44. The third-order valence-corrected chi connectivity index (χ3v) is 4.37. The van der Waals surface area contributed by atoms with Crippen molar-refractivity contribution in [2.75, 3.05) is 5.75 Å². The topological polar surface area (TPSA) is 69.6 Å². The molecule has 1 heterocycles. The fourth-order valence-corrected chi connectivity index (χ4v) is 2.94. The van der Waals surface area contributed by atoms with Crippen LogP contribution in [0.5, 0.6) is 0 Å². The molecule has 16 heavy (non-hydrogen) atoms. The van der Waals surface area contributed by atoms with Crippen LogP contribution < -0.4 is 5.32 Å². The average Bonchev–Trinajstić information content (AvgIpc) is 2.76. The number of carboxylic acids is 1. The molecule has 2 unspecified atom stereocenters. The summed E-state index contributed by atoms with van der Waals surface area (Å²) in [7, 11) is 0. The van der Waals surface area contributed by atoms with Gasteiger partial charge in [-0.25, -0.2) is 9.59 Å². The minimum atomic E-state index is -0.923. The van der Waals surface area contributed by atoms with Gasteiger partial charge in [0.2, 0.25) is 0 Å². The first kappa shape index (κ1) is 11.6. The summed E-state index contributed by atoms with van der Waals surface area (Å²) in [5, 5.41) is 11.9. The molecule has 0 spiro atoms. The van der Waals surface area contributed by atoms with Gasteiger partial charge in [-0.05, 0) is 26.7 Å². The summed E-state index contributed by atoms with van der Waals surface area (Å²) in [4.78, 5) is 24.4. The quantitative estimate of drug-likeness (QED) is 0.763. The zero-order valence-electron chi connectivity index (χ0n) is 9.40. The molecule has 2 rings (SSSR count). The van der Waals surface area contributed by atoms with Crippen LogP contribution in [0.4, 0.5) is 4.79 Å². The number of carboxylic acid groups (broad SMARTS) is 1. The first-order valence-corrected chi connectivity index (χ1v) is 6.43. The van der Waals surface area contributed by atoms with E-state index < -0.39 is 12.0 Å². The lowest BCUT2D eigenvalue weighted by molar-refractivity contribution is -0.141. The van der Waals surface area contributed by atoms with Crippen LogP contribution in [0, 0.1) is 0 Å². The molecule has 0 aromatic rings. The highest BCUT2D eigenvalue weighted by Crippen LogP contribution is 2.36. The molecule has 2 N–H and O–H groups in total. The van der Waals surface area contributed by atoms with Gasteiger partial charge < -0.3 is 10.4 Å². The molecule has 0 aromatic heterocycles. The second-order valence-electron chi connectivity index (χ2n) is 4.68. The number of carbonyl (C=O) groups is 2. The van der Waals surface area contributed by atoms with Gasteiger partial charge in [0.15, 0.2) is 0 Å². The van der Waals surface area contributed by atoms with E-state index in [0.717, 1.165) is 12.8 Å². The highest BCUT2D eigenvalue weighted by atomic mass is 32.2. The maximum absolute atomic E-state index is 12.0. The molecule has 1 aliphatic heterocycles. The first-order valence-electron chi connectivity index (χ1n) is 5.38. The van der Waals surface area contributed by atoms with Gasteiger partial charge in [-0.2, -0.15) is 0 Å². The van der Waals surface area contributed by atoms with Crippen molar-refractivity contribution in [1.29, 1.82) is 0 Å². The smallest absolute Gasteiger partial charge is 0.327 e. The van der Waals surface area contributed by atoms with Gasteiger partial charge >= 0.3 is 12.0 Å². The van der Waals surface area contributed by atoms with E-state index in [4.69, 9.17) is 5.11 Å². The van der Waals surface area contributed by atoms with Crippen LogP contribution in [0.2, 0.25) is 0 Å². The number of hydrogen-bond donors (Lipinski definition) is 2. The Bertz CT molecular complexity index is 330. The Morgan fingerprint density at radius 1 is 1.50 bits per heavy atom. The largest absolute Gasteiger partial charge is 0.480 e. The fraction of sp³-hybridized carbons (Fsp3) is 0.800. The Morgan fingerprint density at radius 2 is 2.12 bits per heavy atom. The predicted molar refractivity (Wildman–Crippen MR) is 61.4 cm³/mol. The highest BCUT2D eigenvalue weighted by molar-refractivity contribution is 8.00. The number of urea groups is 1. The van der Waals surface area contributed by atoms with Crippen LogP contribution in [0.1, 0.15) is 26.7 Å². The Hall–Kier alpha value is -0.910. The van der Waals surface area contributed by atoms with Crippen molar-refractivity contribution in [1.82, 2.24) is 10.2 Å². The van der Waals surface area contributed by atoms with Crippen molar-refractivity contribution in [2.45, 2.75) is 43.6 Å². The summed E-state index contributed by atoms with van der Waals surface area (Å²) in [5.74, 6) is -0.450. The van der Waals surface area contributed by atoms with E-state index in [9.17, 15) is 9.59 Å². The molecule has 90 valence electrons. The van der Waals surface area contributed by atoms with E-state index in [2.05, 4.69) is 5.32 Å². The van der Waals surface area contributed by atoms with Gasteiger partial charge in [-0.1, -0.05) is 0 Å². The summed E-state index contributed by atoms with van der Waals surface area (Å²) in [6.07, 6.45) is 1.96. The molecule has 1 saturated carbocycles. The average molecular weight is 244 g/mol. The number of nitrogens with one attached hydrogen (secondary N) is 1. The van der Waals surface area contributed by atoms with Gasteiger partial charge in [-0.3, -0.25) is 4.90 Å². The molecule has 0 radical (unpaired) electrons. The molecule has 0 aromatic carbocycles. The van der Waals surface area contributed by atoms with Gasteiger partial charge in [0.25, 0.3) is 0 Å². The number of thioether (sulfide) groups is 1. The van der Waals surface area contributed by atoms with Gasteiger partial charge in [-0.15, -0.1) is 11.8 Å².